The zero-order chi connectivity index (χ0) is 23.8. The first-order valence-electron chi connectivity index (χ1n) is 10.8. The molecule has 3 aromatic heterocycles. The summed E-state index contributed by atoms with van der Waals surface area (Å²) in [5.74, 6) is -1.60. The fourth-order valence-electron chi connectivity index (χ4n) is 4.18. The third-order valence-electron chi connectivity index (χ3n) is 5.90. The number of aromatic nitrogens is 5. The summed E-state index contributed by atoms with van der Waals surface area (Å²) < 4.78 is 32.4. The number of nitrogens with zero attached hydrogens (tertiary/aromatic N) is 6. The van der Waals surface area contributed by atoms with Crippen molar-refractivity contribution >= 4 is 11.7 Å². The van der Waals surface area contributed by atoms with E-state index in [1.54, 1.807) is 24.5 Å². The summed E-state index contributed by atoms with van der Waals surface area (Å²) in [5.41, 5.74) is 7.63. The molecule has 0 aliphatic carbocycles. The van der Waals surface area contributed by atoms with E-state index in [0.717, 1.165) is 12.1 Å². The van der Waals surface area contributed by atoms with Gasteiger partial charge in [-0.1, -0.05) is 6.92 Å². The van der Waals surface area contributed by atoms with Gasteiger partial charge in [-0.15, -0.1) is 0 Å². The molecular weight excluding hydrogens is 440 g/mol. The van der Waals surface area contributed by atoms with Crippen molar-refractivity contribution in [3.8, 4) is 22.4 Å². The number of hydrogen-bond acceptors (Lipinski definition) is 6. The first-order valence-corrected chi connectivity index (χ1v) is 10.8. The predicted octanol–water partition coefficient (Wildman–Crippen LogP) is 3.48. The molecule has 2 N–H and O–H groups in total. The molecule has 0 spiro atoms. The van der Waals surface area contributed by atoms with Crippen LogP contribution in [0.4, 0.5) is 14.6 Å². The number of aryl methyl sites for hydroxylation is 1. The number of hydrogen-bond donors (Lipinski definition) is 1. The number of anilines is 1. The van der Waals surface area contributed by atoms with Crippen LogP contribution >= 0.6 is 0 Å². The Labute approximate surface area is 194 Å². The van der Waals surface area contributed by atoms with Gasteiger partial charge in [-0.05, 0) is 30.7 Å². The maximum atomic E-state index is 15.2. The lowest BCUT2D eigenvalue weighted by atomic mass is 9.96. The molecule has 1 aromatic carbocycles. The molecule has 4 aromatic rings. The third-order valence-corrected chi connectivity index (χ3v) is 5.90. The van der Waals surface area contributed by atoms with Crippen LogP contribution in [0.5, 0.6) is 0 Å². The predicted molar refractivity (Wildman–Crippen MR) is 121 cm³/mol. The van der Waals surface area contributed by atoms with Gasteiger partial charge < -0.3 is 15.2 Å². The zero-order valence-electron chi connectivity index (χ0n) is 18.4. The normalized spacial score (nSPS) is 13.1. The largest absolute Gasteiger partial charge is 0.384 e. The highest BCUT2D eigenvalue weighted by atomic mass is 19.1. The number of benzene rings is 1. The smallest absolute Gasteiger partial charge is 0.260 e. The molecule has 0 saturated carbocycles. The van der Waals surface area contributed by atoms with Gasteiger partial charge in [0, 0.05) is 48.4 Å². The van der Waals surface area contributed by atoms with Crippen molar-refractivity contribution in [2.24, 2.45) is 0 Å². The van der Waals surface area contributed by atoms with Crippen molar-refractivity contribution in [2.75, 3.05) is 12.3 Å². The summed E-state index contributed by atoms with van der Waals surface area (Å²) in [7, 11) is 0. The van der Waals surface area contributed by atoms with Gasteiger partial charge in [0.05, 0.1) is 17.9 Å². The van der Waals surface area contributed by atoms with E-state index < -0.39 is 23.1 Å². The molecule has 1 amide bonds. The second kappa shape index (κ2) is 8.62. The first kappa shape index (κ1) is 21.6. The molecule has 5 rings (SSSR count). The van der Waals surface area contributed by atoms with E-state index in [4.69, 9.17) is 5.73 Å². The summed E-state index contributed by atoms with van der Waals surface area (Å²) in [4.78, 5) is 31.4. The zero-order valence-corrected chi connectivity index (χ0v) is 18.4. The maximum absolute atomic E-state index is 15.2. The highest BCUT2D eigenvalue weighted by molar-refractivity contribution is 5.95. The summed E-state index contributed by atoms with van der Waals surface area (Å²) in [6.45, 7) is 2.96. The van der Waals surface area contributed by atoms with Gasteiger partial charge in [0.2, 0.25) is 0 Å². The molecule has 4 heterocycles. The van der Waals surface area contributed by atoms with E-state index in [-0.39, 0.29) is 12.1 Å². The van der Waals surface area contributed by atoms with Crippen molar-refractivity contribution in [1.29, 1.82) is 0 Å². The Morgan fingerprint density at radius 2 is 1.85 bits per heavy atom. The molecule has 34 heavy (non-hydrogen) atoms. The molecule has 0 atom stereocenters. The summed E-state index contributed by atoms with van der Waals surface area (Å²) in [6, 6.07) is 5.67. The summed E-state index contributed by atoms with van der Waals surface area (Å²) in [5, 5.41) is 0. The molecule has 1 aliphatic heterocycles. The number of amides is 1. The first-order chi connectivity index (χ1) is 16.5. The number of pyridine rings is 1. The lowest BCUT2D eigenvalue weighted by Crippen LogP contribution is -2.39. The number of rotatable bonds is 4. The van der Waals surface area contributed by atoms with E-state index in [9.17, 15) is 4.79 Å². The number of nitrogens with two attached hydrogens (primary N) is 1. The van der Waals surface area contributed by atoms with Crippen molar-refractivity contribution in [3.05, 3.63) is 77.9 Å². The Kier molecular flexibility index (Phi) is 5.48. The topological polar surface area (TPSA) is 103 Å². The van der Waals surface area contributed by atoms with Gasteiger partial charge in [-0.2, -0.15) is 0 Å². The van der Waals surface area contributed by atoms with Crippen molar-refractivity contribution < 1.29 is 13.6 Å². The monoisotopic (exact) mass is 461 g/mol. The number of carbonyl (C=O) groups is 1. The minimum atomic E-state index is -0.952. The summed E-state index contributed by atoms with van der Waals surface area (Å²) in [6.07, 6.45) is 6.95. The van der Waals surface area contributed by atoms with Gasteiger partial charge in [0.25, 0.3) is 5.91 Å². The van der Waals surface area contributed by atoms with E-state index in [1.165, 1.54) is 11.2 Å². The van der Waals surface area contributed by atoms with Crippen LogP contribution in [0, 0.1) is 11.6 Å². The second-order valence-electron chi connectivity index (χ2n) is 7.95. The fourth-order valence-corrected chi connectivity index (χ4v) is 4.18. The number of carbonyl (C=O) groups excluding carboxylic acids is 1. The van der Waals surface area contributed by atoms with Crippen LogP contribution in [0.2, 0.25) is 0 Å². The minimum absolute atomic E-state index is 0.187. The molecule has 0 unspecified atom stereocenters. The van der Waals surface area contributed by atoms with Crippen molar-refractivity contribution in [2.45, 2.75) is 26.4 Å². The SMILES string of the molecule is CCc1ncnc(-c2cc(F)c(C(=O)N3CCn4ccnc4C3)c(F)c2)c1-c1ccc(N)nc1. The van der Waals surface area contributed by atoms with Crippen LogP contribution < -0.4 is 5.73 Å². The van der Waals surface area contributed by atoms with Crippen LogP contribution in [0.3, 0.4) is 0 Å². The van der Waals surface area contributed by atoms with Gasteiger partial charge >= 0.3 is 0 Å². The molecule has 8 nitrogen and oxygen atoms in total. The minimum Gasteiger partial charge on any atom is -0.384 e. The maximum Gasteiger partial charge on any atom is 0.260 e. The molecule has 0 saturated heterocycles. The molecule has 172 valence electrons. The van der Waals surface area contributed by atoms with Gasteiger partial charge in [0.15, 0.2) is 0 Å². The Morgan fingerprint density at radius 1 is 1.06 bits per heavy atom. The Balaban J connectivity index is 1.55. The molecule has 1 aliphatic rings. The Hall–Kier alpha value is -4.21. The van der Waals surface area contributed by atoms with E-state index >= 15 is 8.78 Å². The Bertz CT molecular complexity index is 1360. The molecule has 0 bridgehead atoms. The summed E-state index contributed by atoms with van der Waals surface area (Å²) >= 11 is 0. The second-order valence-corrected chi connectivity index (χ2v) is 7.95. The van der Waals surface area contributed by atoms with Crippen molar-refractivity contribution in [3.63, 3.8) is 0 Å². The molecule has 0 radical (unpaired) electrons. The average molecular weight is 461 g/mol. The van der Waals surface area contributed by atoms with Crippen molar-refractivity contribution in [1.82, 2.24) is 29.4 Å². The Morgan fingerprint density at radius 3 is 2.56 bits per heavy atom. The van der Waals surface area contributed by atoms with Crippen LogP contribution in [-0.4, -0.2) is 41.9 Å². The van der Waals surface area contributed by atoms with Crippen LogP contribution in [-0.2, 0) is 19.5 Å². The highest BCUT2D eigenvalue weighted by Gasteiger charge is 2.28. The number of fused-ring (bicyclic) bond motifs is 1. The van der Waals surface area contributed by atoms with Gasteiger partial charge in [-0.25, -0.2) is 28.7 Å². The third kappa shape index (κ3) is 3.76. The number of imidazole rings is 1. The average Bonchev–Trinajstić information content (AvgIpc) is 3.31. The van der Waals surface area contributed by atoms with Gasteiger partial charge in [-0.3, -0.25) is 4.79 Å². The number of nitrogen functional groups attached to an aromatic ring is 1. The quantitative estimate of drug-likeness (QED) is 0.499. The standard InChI is InChI=1S/C24H21F2N7O/c1-2-18-21(14-3-4-19(27)29-11-14)23(31-13-30-18)15-9-16(25)22(17(26)10-15)24(34)33-8-7-32-6-5-28-20(32)12-33/h3-6,9-11,13H,2,7-8,12H2,1H3,(H2,27,29). The fraction of sp³-hybridized carbons (Fsp3) is 0.208. The van der Waals surface area contributed by atoms with Gasteiger partial charge in [0.1, 0.15) is 35.2 Å². The molecule has 0 fully saturated rings. The van der Waals surface area contributed by atoms with E-state index in [1.807, 2.05) is 17.7 Å². The lowest BCUT2D eigenvalue weighted by Gasteiger charge is -2.28. The van der Waals surface area contributed by atoms with Crippen LogP contribution in [0.25, 0.3) is 22.4 Å². The van der Waals surface area contributed by atoms with Crippen LogP contribution in [0.1, 0.15) is 28.8 Å². The molecular formula is C24H21F2N7O. The number of halogens is 2. The molecule has 10 heteroatoms. The van der Waals surface area contributed by atoms with Crippen LogP contribution in [0.15, 0.2) is 49.2 Å². The van der Waals surface area contributed by atoms with E-state index in [0.29, 0.717) is 53.7 Å². The highest BCUT2D eigenvalue weighted by Crippen LogP contribution is 2.34. The lowest BCUT2D eigenvalue weighted by molar-refractivity contribution is 0.0697. The van der Waals surface area contributed by atoms with E-state index in [2.05, 4.69) is 19.9 Å².